The van der Waals surface area contributed by atoms with E-state index in [2.05, 4.69) is 17.4 Å². The number of carboxylic acid groups (broad SMARTS) is 1. The highest BCUT2D eigenvalue weighted by molar-refractivity contribution is 5.85. The number of carbonyl (C=O) groups is 2. The maximum atomic E-state index is 12.4. The third kappa shape index (κ3) is 3.01. The van der Waals surface area contributed by atoms with Crippen molar-refractivity contribution in [1.29, 1.82) is 0 Å². The van der Waals surface area contributed by atoms with Crippen molar-refractivity contribution in [2.24, 2.45) is 0 Å². The summed E-state index contributed by atoms with van der Waals surface area (Å²) in [4.78, 5) is 25.1. The van der Waals surface area contributed by atoms with Crippen molar-refractivity contribution in [3.63, 3.8) is 0 Å². The largest absolute Gasteiger partial charge is 0.480 e. The number of carbonyl (C=O) groups excluding carboxylic acids is 1. The van der Waals surface area contributed by atoms with Gasteiger partial charge in [-0.1, -0.05) is 24.3 Å². The summed E-state index contributed by atoms with van der Waals surface area (Å²) in [6.07, 6.45) is 1.60. The van der Waals surface area contributed by atoms with Crippen LogP contribution in [-0.2, 0) is 17.6 Å². The molecule has 2 rings (SSSR count). The Balaban J connectivity index is 2.04. The summed E-state index contributed by atoms with van der Waals surface area (Å²) in [6, 6.07) is 7.85. The predicted octanol–water partition coefficient (Wildman–Crippen LogP) is 2.05. The molecule has 5 heteroatoms. The minimum Gasteiger partial charge on any atom is -0.480 e. The molecule has 0 fully saturated rings. The van der Waals surface area contributed by atoms with Crippen molar-refractivity contribution in [3.05, 3.63) is 35.4 Å². The summed E-state index contributed by atoms with van der Waals surface area (Å²) >= 11 is 0. The van der Waals surface area contributed by atoms with E-state index in [0.717, 1.165) is 12.8 Å². The summed E-state index contributed by atoms with van der Waals surface area (Å²) < 4.78 is 0. The minimum absolute atomic E-state index is 0.0357. The first-order valence-corrected chi connectivity index (χ1v) is 7.24. The maximum Gasteiger partial charge on any atom is 0.329 e. The summed E-state index contributed by atoms with van der Waals surface area (Å²) in [7, 11) is 0. The first kappa shape index (κ1) is 15.4. The summed E-state index contributed by atoms with van der Waals surface area (Å²) in [6.45, 7) is 5.22. The van der Waals surface area contributed by atoms with Crippen LogP contribution in [0.5, 0.6) is 0 Å². The molecule has 2 N–H and O–H groups in total. The molecule has 0 atom stereocenters. The third-order valence-corrected chi connectivity index (χ3v) is 4.14. The van der Waals surface area contributed by atoms with E-state index in [1.54, 1.807) is 20.8 Å². The van der Waals surface area contributed by atoms with Crippen molar-refractivity contribution in [3.8, 4) is 0 Å². The number of aliphatic carboxylic acids is 1. The molecule has 0 bridgehead atoms. The smallest absolute Gasteiger partial charge is 0.329 e. The van der Waals surface area contributed by atoms with Crippen LogP contribution in [0.15, 0.2) is 24.3 Å². The summed E-state index contributed by atoms with van der Waals surface area (Å²) in [5.41, 5.74) is 1.29. The highest BCUT2D eigenvalue weighted by Gasteiger charge is 2.37. The van der Waals surface area contributed by atoms with Crippen molar-refractivity contribution in [1.82, 2.24) is 10.2 Å². The van der Waals surface area contributed by atoms with Crippen LogP contribution in [0.4, 0.5) is 4.79 Å². The molecule has 1 aromatic carbocycles. The second-order valence-electron chi connectivity index (χ2n) is 5.93. The molecule has 0 heterocycles. The average molecular weight is 290 g/mol. The Hall–Kier alpha value is -2.04. The molecule has 1 aliphatic carbocycles. The lowest BCUT2D eigenvalue weighted by atomic mass is 10.0. The van der Waals surface area contributed by atoms with Crippen LogP contribution in [-0.4, -0.2) is 40.1 Å². The van der Waals surface area contributed by atoms with Gasteiger partial charge in [0.2, 0.25) is 0 Å². The molecule has 0 saturated heterocycles. The van der Waals surface area contributed by atoms with Gasteiger partial charge in [0, 0.05) is 12.6 Å². The van der Waals surface area contributed by atoms with Crippen LogP contribution in [0.1, 0.15) is 31.9 Å². The van der Waals surface area contributed by atoms with Crippen molar-refractivity contribution >= 4 is 12.0 Å². The van der Waals surface area contributed by atoms with Crippen LogP contribution in [0.2, 0.25) is 0 Å². The minimum atomic E-state index is -1.22. The number of carboxylic acids is 1. The Kier molecular flexibility index (Phi) is 4.21. The first-order chi connectivity index (χ1) is 9.86. The van der Waals surface area contributed by atoms with Gasteiger partial charge in [0.25, 0.3) is 0 Å². The number of likely N-dealkylation sites (N-methyl/N-ethyl adjacent to an activating group) is 1. The molecule has 0 saturated carbocycles. The van der Waals surface area contributed by atoms with E-state index >= 15 is 0 Å². The van der Waals surface area contributed by atoms with Gasteiger partial charge < -0.3 is 15.3 Å². The van der Waals surface area contributed by atoms with E-state index < -0.39 is 11.5 Å². The predicted molar refractivity (Wildman–Crippen MR) is 80.3 cm³/mol. The second kappa shape index (κ2) is 5.76. The molecule has 0 unspecified atom stereocenters. The number of hydrogen-bond acceptors (Lipinski definition) is 2. The van der Waals surface area contributed by atoms with E-state index in [1.165, 1.54) is 16.0 Å². The molecule has 1 aliphatic rings. The van der Waals surface area contributed by atoms with Gasteiger partial charge in [-0.25, -0.2) is 9.59 Å². The number of urea groups is 1. The molecular formula is C16H22N2O3. The normalized spacial score (nSPS) is 14.6. The van der Waals surface area contributed by atoms with Gasteiger partial charge >= 0.3 is 12.0 Å². The van der Waals surface area contributed by atoms with Crippen LogP contribution >= 0.6 is 0 Å². The van der Waals surface area contributed by atoms with Gasteiger partial charge in [0.05, 0.1) is 0 Å². The lowest BCUT2D eigenvalue weighted by molar-refractivity contribution is -0.147. The van der Waals surface area contributed by atoms with E-state index in [9.17, 15) is 14.7 Å². The number of rotatable bonds is 4. The molecular weight excluding hydrogens is 268 g/mol. The monoisotopic (exact) mass is 290 g/mol. The third-order valence-electron chi connectivity index (χ3n) is 4.14. The van der Waals surface area contributed by atoms with Gasteiger partial charge in [-0.05, 0) is 44.7 Å². The topological polar surface area (TPSA) is 69.6 Å². The zero-order valence-electron chi connectivity index (χ0n) is 12.7. The highest BCUT2D eigenvalue weighted by Crippen LogP contribution is 2.22. The van der Waals surface area contributed by atoms with E-state index in [4.69, 9.17) is 0 Å². The fourth-order valence-electron chi connectivity index (χ4n) is 2.82. The number of nitrogens with zero attached hydrogens (tertiary/aromatic N) is 1. The number of amides is 2. The molecule has 0 aliphatic heterocycles. The number of nitrogens with one attached hydrogen (secondary N) is 1. The Morgan fingerprint density at radius 3 is 2.24 bits per heavy atom. The summed E-state index contributed by atoms with van der Waals surface area (Å²) in [5, 5.41) is 12.2. The molecule has 114 valence electrons. The lowest BCUT2D eigenvalue weighted by Crippen LogP contribution is -2.57. The second-order valence-corrected chi connectivity index (χ2v) is 5.93. The number of hydrogen-bond donors (Lipinski definition) is 2. The zero-order valence-corrected chi connectivity index (χ0v) is 12.7. The molecule has 0 radical (unpaired) electrons. The maximum absolute atomic E-state index is 12.4. The molecule has 2 amide bonds. The molecule has 0 aromatic heterocycles. The summed E-state index contributed by atoms with van der Waals surface area (Å²) in [5.74, 6) is -1.01. The number of benzene rings is 1. The van der Waals surface area contributed by atoms with Crippen LogP contribution in [0, 0.1) is 0 Å². The van der Waals surface area contributed by atoms with E-state index in [0.29, 0.717) is 6.54 Å². The Bertz CT molecular complexity index is 529. The Morgan fingerprint density at radius 2 is 1.81 bits per heavy atom. The number of fused-ring (bicyclic) bond motifs is 1. The van der Waals surface area contributed by atoms with Crippen molar-refractivity contribution in [2.75, 3.05) is 6.54 Å². The van der Waals surface area contributed by atoms with Crippen molar-refractivity contribution in [2.45, 2.75) is 45.2 Å². The van der Waals surface area contributed by atoms with Gasteiger partial charge in [0.15, 0.2) is 0 Å². The fraction of sp³-hybridized carbons (Fsp3) is 0.500. The quantitative estimate of drug-likeness (QED) is 0.891. The lowest BCUT2D eigenvalue weighted by Gasteiger charge is -2.35. The molecule has 21 heavy (non-hydrogen) atoms. The van der Waals surface area contributed by atoms with Crippen LogP contribution < -0.4 is 5.32 Å². The molecule has 5 nitrogen and oxygen atoms in total. The standard InChI is InChI=1S/C16H22N2O3/c1-4-18(16(2,3)14(19)20)15(21)17-13-9-11-7-5-6-8-12(11)10-13/h5-8,13H,4,9-10H2,1-3H3,(H,17,21)(H,19,20). The van der Waals surface area contributed by atoms with Gasteiger partial charge in [-0.15, -0.1) is 0 Å². The van der Waals surface area contributed by atoms with E-state index in [-0.39, 0.29) is 12.1 Å². The van der Waals surface area contributed by atoms with E-state index in [1.807, 2.05) is 12.1 Å². The van der Waals surface area contributed by atoms with Crippen LogP contribution in [0.25, 0.3) is 0 Å². The molecule has 0 spiro atoms. The zero-order chi connectivity index (χ0) is 15.6. The Labute approximate surface area is 125 Å². The van der Waals surface area contributed by atoms with Gasteiger partial charge in [-0.2, -0.15) is 0 Å². The SMILES string of the molecule is CCN(C(=O)NC1Cc2ccccc2C1)C(C)(C)C(=O)O. The average Bonchev–Trinajstić information content (AvgIpc) is 2.80. The fourth-order valence-corrected chi connectivity index (χ4v) is 2.82. The highest BCUT2D eigenvalue weighted by atomic mass is 16.4. The van der Waals surface area contributed by atoms with Gasteiger partial charge in [0.1, 0.15) is 5.54 Å². The Morgan fingerprint density at radius 1 is 1.29 bits per heavy atom. The first-order valence-electron chi connectivity index (χ1n) is 7.24. The molecule has 1 aromatic rings. The van der Waals surface area contributed by atoms with Gasteiger partial charge in [-0.3, -0.25) is 0 Å². The van der Waals surface area contributed by atoms with Crippen LogP contribution in [0.3, 0.4) is 0 Å². The van der Waals surface area contributed by atoms with Crippen molar-refractivity contribution < 1.29 is 14.7 Å².